The first-order chi connectivity index (χ1) is 7.29. The van der Waals surface area contributed by atoms with E-state index >= 15 is 0 Å². The summed E-state index contributed by atoms with van der Waals surface area (Å²) in [5.41, 5.74) is 0.850. The summed E-state index contributed by atoms with van der Waals surface area (Å²) in [6.07, 6.45) is 0. The van der Waals surface area contributed by atoms with Crippen LogP contribution >= 0.6 is 45.5 Å². The monoisotopic (exact) mass is 351 g/mol. The molecule has 0 bridgehead atoms. The number of aromatic nitrogens is 1. The zero-order valence-corrected chi connectivity index (χ0v) is 11.3. The maximum atomic E-state index is 5.66. The molecular weight excluding hydrogens is 345 g/mol. The predicted octanol–water partition coefficient (Wildman–Crippen LogP) is 4.28. The predicted molar refractivity (Wildman–Crippen MR) is 70.9 cm³/mol. The summed E-state index contributed by atoms with van der Waals surface area (Å²) >= 11 is 9.35. The molecule has 5 heteroatoms. The van der Waals surface area contributed by atoms with Crippen molar-refractivity contribution in [2.24, 2.45) is 0 Å². The van der Waals surface area contributed by atoms with E-state index in [1.807, 2.05) is 29.6 Å². The highest BCUT2D eigenvalue weighted by molar-refractivity contribution is 14.1. The molecule has 0 N–H and O–H groups in total. The average Bonchev–Trinajstić information content (AvgIpc) is 2.69. The summed E-state index contributed by atoms with van der Waals surface area (Å²) in [5, 5.41) is 2.53. The molecule has 1 aromatic heterocycles. The Balaban J connectivity index is 2.18. The summed E-state index contributed by atoms with van der Waals surface area (Å²) in [5.74, 6) is 1.25. The van der Waals surface area contributed by atoms with Gasteiger partial charge in [0.25, 0.3) is 5.19 Å². The van der Waals surface area contributed by atoms with E-state index in [-0.39, 0.29) is 0 Å². The van der Waals surface area contributed by atoms with E-state index in [4.69, 9.17) is 16.3 Å². The molecule has 78 valence electrons. The van der Waals surface area contributed by atoms with Crippen molar-refractivity contribution in [3.63, 3.8) is 0 Å². The summed E-state index contributed by atoms with van der Waals surface area (Å²) in [6.45, 7) is 0. The molecule has 1 heterocycles. The van der Waals surface area contributed by atoms with Gasteiger partial charge in [0.05, 0.1) is 15.1 Å². The maximum Gasteiger partial charge on any atom is 0.278 e. The van der Waals surface area contributed by atoms with Gasteiger partial charge < -0.3 is 4.74 Å². The lowest BCUT2D eigenvalue weighted by atomic mass is 10.3. The van der Waals surface area contributed by atoms with Crippen molar-refractivity contribution < 1.29 is 4.74 Å². The van der Waals surface area contributed by atoms with E-state index in [0.29, 0.717) is 11.1 Å². The first-order valence-electron chi connectivity index (χ1n) is 4.22. The minimum atomic E-state index is 0.422. The Bertz CT molecular complexity index is 460. The zero-order valence-electron chi connectivity index (χ0n) is 7.61. The Hall–Kier alpha value is -0.330. The fraction of sp³-hybridized carbons (Fsp3) is 0.100. The van der Waals surface area contributed by atoms with E-state index in [2.05, 4.69) is 27.6 Å². The van der Waals surface area contributed by atoms with E-state index in [1.165, 1.54) is 11.3 Å². The van der Waals surface area contributed by atoms with E-state index in [0.717, 1.165) is 15.0 Å². The topological polar surface area (TPSA) is 22.1 Å². The van der Waals surface area contributed by atoms with Crippen molar-refractivity contribution in [1.29, 1.82) is 0 Å². The Kier molecular flexibility index (Phi) is 3.82. The van der Waals surface area contributed by atoms with E-state index in [9.17, 15) is 0 Å². The molecule has 0 fully saturated rings. The van der Waals surface area contributed by atoms with Gasteiger partial charge in [-0.05, 0) is 34.7 Å². The fourth-order valence-corrected chi connectivity index (χ4v) is 2.42. The number of para-hydroxylation sites is 1. The van der Waals surface area contributed by atoms with Gasteiger partial charge in [0.1, 0.15) is 5.75 Å². The molecule has 15 heavy (non-hydrogen) atoms. The summed E-state index contributed by atoms with van der Waals surface area (Å²) in [7, 11) is 0. The molecule has 0 aliphatic carbocycles. The summed E-state index contributed by atoms with van der Waals surface area (Å²) in [6, 6.07) is 7.82. The van der Waals surface area contributed by atoms with Crippen LogP contribution in [-0.2, 0) is 5.88 Å². The highest BCUT2D eigenvalue weighted by atomic mass is 127. The number of ether oxygens (including phenoxy) is 1. The van der Waals surface area contributed by atoms with Gasteiger partial charge in [-0.15, -0.1) is 11.6 Å². The van der Waals surface area contributed by atoms with Crippen LogP contribution in [-0.4, -0.2) is 4.98 Å². The number of hydrogen-bond acceptors (Lipinski definition) is 3. The highest BCUT2D eigenvalue weighted by Crippen LogP contribution is 2.28. The zero-order chi connectivity index (χ0) is 10.7. The molecule has 0 spiro atoms. The van der Waals surface area contributed by atoms with Crippen LogP contribution in [0.4, 0.5) is 0 Å². The Morgan fingerprint density at radius 3 is 2.87 bits per heavy atom. The largest absolute Gasteiger partial charge is 0.430 e. The summed E-state index contributed by atoms with van der Waals surface area (Å²) in [4.78, 5) is 4.23. The second-order valence-electron chi connectivity index (χ2n) is 2.77. The smallest absolute Gasteiger partial charge is 0.278 e. The van der Waals surface area contributed by atoms with Gasteiger partial charge >= 0.3 is 0 Å². The van der Waals surface area contributed by atoms with Gasteiger partial charge in [-0.1, -0.05) is 23.5 Å². The van der Waals surface area contributed by atoms with Crippen molar-refractivity contribution in [3.05, 3.63) is 38.9 Å². The molecular formula is C10H7ClINOS. The van der Waals surface area contributed by atoms with Gasteiger partial charge in [-0.25, -0.2) is 4.98 Å². The van der Waals surface area contributed by atoms with Gasteiger partial charge in [0.15, 0.2) is 0 Å². The lowest BCUT2D eigenvalue weighted by Gasteiger charge is -2.02. The van der Waals surface area contributed by atoms with Crippen LogP contribution < -0.4 is 4.74 Å². The lowest BCUT2D eigenvalue weighted by Crippen LogP contribution is -1.86. The minimum absolute atomic E-state index is 0.422. The van der Waals surface area contributed by atoms with Crippen LogP contribution in [0.15, 0.2) is 29.6 Å². The van der Waals surface area contributed by atoms with Crippen molar-refractivity contribution in [2.45, 2.75) is 5.88 Å². The third kappa shape index (κ3) is 2.83. The van der Waals surface area contributed by atoms with Crippen molar-refractivity contribution in [1.82, 2.24) is 4.98 Å². The van der Waals surface area contributed by atoms with Crippen LogP contribution in [0.2, 0.25) is 0 Å². The number of hydrogen-bond donors (Lipinski definition) is 0. The molecule has 0 aliphatic heterocycles. The average molecular weight is 352 g/mol. The van der Waals surface area contributed by atoms with Crippen LogP contribution in [0, 0.1) is 3.57 Å². The SMILES string of the molecule is ClCc1csc(Oc2ccccc2I)n1. The third-order valence-electron chi connectivity index (χ3n) is 1.70. The molecule has 2 nitrogen and oxygen atoms in total. The van der Waals surface area contributed by atoms with Gasteiger partial charge in [-0.3, -0.25) is 0 Å². The summed E-state index contributed by atoms with van der Waals surface area (Å²) < 4.78 is 6.70. The molecule has 0 radical (unpaired) electrons. The van der Waals surface area contributed by atoms with Crippen molar-refractivity contribution >= 4 is 45.5 Å². The van der Waals surface area contributed by atoms with Crippen LogP contribution in [0.25, 0.3) is 0 Å². The van der Waals surface area contributed by atoms with Gasteiger partial charge in [0, 0.05) is 5.38 Å². The lowest BCUT2D eigenvalue weighted by molar-refractivity contribution is 0.474. The first-order valence-corrected chi connectivity index (χ1v) is 6.71. The molecule has 0 atom stereocenters. The van der Waals surface area contributed by atoms with Crippen molar-refractivity contribution in [3.8, 4) is 10.9 Å². The fourth-order valence-electron chi connectivity index (χ4n) is 1.02. The Morgan fingerprint density at radius 1 is 1.40 bits per heavy atom. The maximum absolute atomic E-state index is 5.66. The number of alkyl halides is 1. The highest BCUT2D eigenvalue weighted by Gasteiger charge is 2.05. The standard InChI is InChI=1S/C10H7ClINOS/c11-5-7-6-15-10(13-7)14-9-4-2-1-3-8(9)12/h1-4,6H,5H2. The van der Waals surface area contributed by atoms with Crippen LogP contribution in [0.5, 0.6) is 10.9 Å². The third-order valence-corrected chi connectivity index (χ3v) is 3.63. The van der Waals surface area contributed by atoms with E-state index < -0.39 is 0 Å². The number of rotatable bonds is 3. The molecule has 0 amide bonds. The minimum Gasteiger partial charge on any atom is -0.430 e. The molecule has 0 unspecified atom stereocenters. The quantitative estimate of drug-likeness (QED) is 0.608. The number of benzene rings is 1. The second-order valence-corrected chi connectivity index (χ2v) is 5.02. The van der Waals surface area contributed by atoms with E-state index in [1.54, 1.807) is 0 Å². The molecule has 1 aromatic carbocycles. The molecule has 0 aliphatic rings. The van der Waals surface area contributed by atoms with Crippen molar-refractivity contribution in [2.75, 3.05) is 0 Å². The molecule has 0 saturated carbocycles. The molecule has 2 aromatic rings. The first kappa shape index (κ1) is 11.2. The van der Waals surface area contributed by atoms with Gasteiger partial charge in [0.2, 0.25) is 0 Å². The number of halogens is 2. The normalized spacial score (nSPS) is 10.3. The molecule has 2 rings (SSSR count). The second kappa shape index (κ2) is 5.14. The Morgan fingerprint density at radius 2 is 2.20 bits per heavy atom. The Labute approximate surface area is 110 Å². The number of nitrogens with zero attached hydrogens (tertiary/aromatic N) is 1. The number of thiazole rings is 1. The van der Waals surface area contributed by atoms with Gasteiger partial charge in [-0.2, -0.15) is 0 Å². The van der Waals surface area contributed by atoms with Crippen LogP contribution in [0.3, 0.4) is 0 Å². The molecule has 0 saturated heterocycles. The van der Waals surface area contributed by atoms with Crippen LogP contribution in [0.1, 0.15) is 5.69 Å².